The van der Waals surface area contributed by atoms with E-state index in [1.165, 1.54) is 0 Å². The molecule has 0 spiro atoms. The van der Waals surface area contributed by atoms with E-state index in [0.717, 1.165) is 12.1 Å². The molecule has 0 saturated heterocycles. The van der Waals surface area contributed by atoms with Crippen molar-refractivity contribution in [2.45, 2.75) is 13.5 Å². The molecule has 0 bridgehead atoms. The lowest BCUT2D eigenvalue weighted by Crippen LogP contribution is -2.26. The molecule has 1 rings (SSSR count). The van der Waals surface area contributed by atoms with Crippen LogP contribution in [0.15, 0.2) is 22.7 Å². The zero-order valence-electron chi connectivity index (χ0n) is 8.78. The Morgan fingerprint density at radius 1 is 1.40 bits per heavy atom. The molecule has 0 aliphatic rings. The third-order valence-corrected chi connectivity index (χ3v) is 2.97. The standard InChI is InChI=1S/C11H16BrNO2/c1-2-13(6-7-14)8-9-4-3-5-10(12)11(9)15/h3-5,14-15H,2,6-8H2,1H3. The molecular weight excluding hydrogens is 258 g/mol. The van der Waals surface area contributed by atoms with Gasteiger partial charge in [0.25, 0.3) is 0 Å². The number of halogens is 1. The molecule has 0 heterocycles. The minimum Gasteiger partial charge on any atom is -0.506 e. The zero-order valence-corrected chi connectivity index (χ0v) is 10.4. The second-order valence-electron chi connectivity index (χ2n) is 3.34. The second-order valence-corrected chi connectivity index (χ2v) is 4.19. The normalized spacial score (nSPS) is 10.9. The smallest absolute Gasteiger partial charge is 0.134 e. The van der Waals surface area contributed by atoms with Crippen LogP contribution in [0.2, 0.25) is 0 Å². The molecule has 0 radical (unpaired) electrons. The fraction of sp³-hybridized carbons (Fsp3) is 0.455. The number of nitrogens with zero attached hydrogens (tertiary/aromatic N) is 1. The van der Waals surface area contributed by atoms with E-state index >= 15 is 0 Å². The molecule has 1 aromatic carbocycles. The Hall–Kier alpha value is -0.580. The Kier molecular flexibility index (Phi) is 5.08. The van der Waals surface area contributed by atoms with E-state index in [2.05, 4.69) is 20.8 Å². The number of aliphatic hydroxyl groups excluding tert-OH is 1. The molecule has 2 N–H and O–H groups in total. The van der Waals surface area contributed by atoms with Crippen molar-refractivity contribution >= 4 is 15.9 Å². The van der Waals surface area contributed by atoms with Crippen LogP contribution < -0.4 is 0 Å². The topological polar surface area (TPSA) is 43.7 Å². The van der Waals surface area contributed by atoms with E-state index in [-0.39, 0.29) is 12.4 Å². The lowest BCUT2D eigenvalue weighted by Gasteiger charge is -2.19. The number of hydrogen-bond acceptors (Lipinski definition) is 3. The van der Waals surface area contributed by atoms with Crippen LogP contribution in [0.4, 0.5) is 0 Å². The molecule has 0 fully saturated rings. The van der Waals surface area contributed by atoms with Crippen molar-refractivity contribution in [1.82, 2.24) is 4.90 Å². The third-order valence-electron chi connectivity index (χ3n) is 2.33. The molecule has 0 atom stereocenters. The number of rotatable bonds is 5. The molecule has 84 valence electrons. The SMILES string of the molecule is CCN(CCO)Cc1cccc(Br)c1O. The van der Waals surface area contributed by atoms with Gasteiger partial charge in [0.1, 0.15) is 5.75 Å². The third kappa shape index (κ3) is 3.48. The molecular formula is C11H16BrNO2. The summed E-state index contributed by atoms with van der Waals surface area (Å²) in [5.41, 5.74) is 0.875. The summed E-state index contributed by atoms with van der Waals surface area (Å²) in [5.74, 6) is 0.286. The van der Waals surface area contributed by atoms with Crippen molar-refractivity contribution in [3.05, 3.63) is 28.2 Å². The van der Waals surface area contributed by atoms with Crippen LogP contribution in [0.3, 0.4) is 0 Å². The number of hydrogen-bond donors (Lipinski definition) is 2. The Balaban J connectivity index is 2.74. The zero-order chi connectivity index (χ0) is 11.3. The van der Waals surface area contributed by atoms with Crippen LogP contribution in [0, 0.1) is 0 Å². The van der Waals surface area contributed by atoms with E-state index in [9.17, 15) is 5.11 Å². The predicted octanol–water partition coefficient (Wildman–Crippen LogP) is 1.97. The summed E-state index contributed by atoms with van der Waals surface area (Å²) < 4.78 is 0.708. The highest BCUT2D eigenvalue weighted by atomic mass is 79.9. The van der Waals surface area contributed by atoms with Gasteiger partial charge < -0.3 is 10.2 Å². The highest BCUT2D eigenvalue weighted by Gasteiger charge is 2.08. The highest BCUT2D eigenvalue weighted by Crippen LogP contribution is 2.28. The molecule has 4 heteroatoms. The van der Waals surface area contributed by atoms with Crippen molar-refractivity contribution in [2.24, 2.45) is 0 Å². The van der Waals surface area contributed by atoms with Gasteiger partial charge in [-0.2, -0.15) is 0 Å². The molecule has 0 aliphatic heterocycles. The van der Waals surface area contributed by atoms with E-state index < -0.39 is 0 Å². The van der Waals surface area contributed by atoms with Crippen LogP contribution in [-0.4, -0.2) is 34.8 Å². The molecule has 0 amide bonds. The Labute approximate surface area is 98.5 Å². The lowest BCUT2D eigenvalue weighted by atomic mass is 10.2. The van der Waals surface area contributed by atoms with Crippen LogP contribution >= 0.6 is 15.9 Å². The summed E-state index contributed by atoms with van der Waals surface area (Å²) in [5, 5.41) is 18.6. The first-order chi connectivity index (χ1) is 7.19. The van der Waals surface area contributed by atoms with Gasteiger partial charge in [-0.3, -0.25) is 4.90 Å². The van der Waals surface area contributed by atoms with Gasteiger partial charge in [0.15, 0.2) is 0 Å². The monoisotopic (exact) mass is 273 g/mol. The molecule has 0 unspecified atom stereocenters. The fourth-order valence-corrected chi connectivity index (χ4v) is 1.83. The van der Waals surface area contributed by atoms with Crippen LogP contribution in [-0.2, 0) is 6.54 Å². The maximum absolute atomic E-state index is 9.77. The Morgan fingerprint density at radius 2 is 2.13 bits per heavy atom. The molecule has 0 saturated carbocycles. The first kappa shape index (κ1) is 12.5. The van der Waals surface area contributed by atoms with Crippen molar-refractivity contribution in [2.75, 3.05) is 19.7 Å². The number of benzene rings is 1. The summed E-state index contributed by atoms with van der Waals surface area (Å²) in [6.07, 6.45) is 0. The van der Waals surface area contributed by atoms with Crippen molar-refractivity contribution in [1.29, 1.82) is 0 Å². The fourth-order valence-electron chi connectivity index (χ4n) is 1.42. The summed E-state index contributed by atoms with van der Waals surface area (Å²) >= 11 is 3.28. The Morgan fingerprint density at radius 3 is 2.73 bits per heavy atom. The average Bonchev–Trinajstić information content (AvgIpc) is 2.24. The molecule has 0 aromatic heterocycles. The van der Waals surface area contributed by atoms with Gasteiger partial charge in [-0.25, -0.2) is 0 Å². The first-order valence-electron chi connectivity index (χ1n) is 4.98. The van der Waals surface area contributed by atoms with Crippen molar-refractivity contribution < 1.29 is 10.2 Å². The van der Waals surface area contributed by atoms with Gasteiger partial charge in [0.2, 0.25) is 0 Å². The summed E-state index contributed by atoms with van der Waals surface area (Å²) in [7, 11) is 0. The van der Waals surface area contributed by atoms with E-state index in [0.29, 0.717) is 17.6 Å². The summed E-state index contributed by atoms with van der Waals surface area (Å²) in [4.78, 5) is 2.07. The van der Waals surface area contributed by atoms with E-state index in [4.69, 9.17) is 5.11 Å². The number of phenols is 1. The molecule has 15 heavy (non-hydrogen) atoms. The largest absolute Gasteiger partial charge is 0.506 e. The number of aliphatic hydroxyl groups is 1. The summed E-state index contributed by atoms with van der Waals surface area (Å²) in [6.45, 7) is 4.31. The predicted molar refractivity (Wildman–Crippen MR) is 63.8 cm³/mol. The van der Waals surface area contributed by atoms with E-state index in [1.807, 2.05) is 19.1 Å². The van der Waals surface area contributed by atoms with Crippen LogP contribution in [0.5, 0.6) is 5.75 Å². The maximum Gasteiger partial charge on any atom is 0.134 e. The number of aromatic hydroxyl groups is 1. The molecule has 1 aromatic rings. The van der Waals surface area contributed by atoms with E-state index in [1.54, 1.807) is 6.07 Å². The number of para-hydroxylation sites is 1. The van der Waals surface area contributed by atoms with Crippen molar-refractivity contribution in [3.8, 4) is 5.75 Å². The minimum absolute atomic E-state index is 0.141. The van der Waals surface area contributed by atoms with Gasteiger partial charge in [0, 0.05) is 18.7 Å². The molecule has 3 nitrogen and oxygen atoms in total. The van der Waals surface area contributed by atoms with Crippen LogP contribution in [0.1, 0.15) is 12.5 Å². The van der Waals surface area contributed by atoms with Gasteiger partial charge >= 0.3 is 0 Å². The van der Waals surface area contributed by atoms with Gasteiger partial charge in [0.05, 0.1) is 11.1 Å². The number of phenolic OH excluding ortho intramolecular Hbond substituents is 1. The lowest BCUT2D eigenvalue weighted by molar-refractivity contribution is 0.195. The summed E-state index contributed by atoms with van der Waals surface area (Å²) in [6, 6.07) is 5.59. The Bertz CT molecular complexity index is 317. The van der Waals surface area contributed by atoms with Gasteiger partial charge in [-0.15, -0.1) is 0 Å². The average molecular weight is 274 g/mol. The van der Waals surface area contributed by atoms with Crippen LogP contribution in [0.25, 0.3) is 0 Å². The van der Waals surface area contributed by atoms with Crippen molar-refractivity contribution in [3.63, 3.8) is 0 Å². The first-order valence-corrected chi connectivity index (χ1v) is 5.78. The second kappa shape index (κ2) is 6.10. The van der Waals surface area contributed by atoms with Gasteiger partial charge in [-0.1, -0.05) is 19.1 Å². The number of likely N-dealkylation sites (N-methyl/N-ethyl adjacent to an activating group) is 1. The van der Waals surface area contributed by atoms with Gasteiger partial charge in [-0.05, 0) is 28.5 Å². The molecule has 0 aliphatic carbocycles. The maximum atomic E-state index is 9.77. The minimum atomic E-state index is 0.141. The highest BCUT2D eigenvalue weighted by molar-refractivity contribution is 9.10. The quantitative estimate of drug-likeness (QED) is 0.862.